The van der Waals surface area contributed by atoms with Crippen molar-refractivity contribution in [3.63, 3.8) is 0 Å². The molecule has 6 rings (SSSR count). The molecule has 4 heterocycles. The molecule has 0 bridgehead atoms. The summed E-state index contributed by atoms with van der Waals surface area (Å²) in [4.78, 5) is 31.7. The Morgan fingerprint density at radius 2 is 1.86 bits per heavy atom. The molecule has 0 saturated carbocycles. The van der Waals surface area contributed by atoms with E-state index in [1.807, 2.05) is 24.3 Å². The highest BCUT2D eigenvalue weighted by molar-refractivity contribution is 6.32. The predicted octanol–water partition coefficient (Wildman–Crippen LogP) is 3.59. The molecule has 5 aromatic rings. The molecule has 37 heavy (non-hydrogen) atoms. The number of ether oxygens (including phenoxy) is 1. The summed E-state index contributed by atoms with van der Waals surface area (Å²) in [6.45, 7) is 3.97. The van der Waals surface area contributed by atoms with E-state index in [9.17, 15) is 4.79 Å². The molecule has 1 aliphatic heterocycles. The van der Waals surface area contributed by atoms with E-state index in [0.717, 1.165) is 37.6 Å². The lowest BCUT2D eigenvalue weighted by Crippen LogP contribution is -2.44. The van der Waals surface area contributed by atoms with Gasteiger partial charge >= 0.3 is 0 Å². The van der Waals surface area contributed by atoms with Gasteiger partial charge < -0.3 is 19.9 Å². The van der Waals surface area contributed by atoms with Crippen molar-refractivity contribution in [3.8, 4) is 11.4 Å². The number of aromatic nitrogens is 5. The van der Waals surface area contributed by atoms with Gasteiger partial charge in [0.1, 0.15) is 11.1 Å². The number of rotatable bonds is 5. The van der Waals surface area contributed by atoms with Crippen molar-refractivity contribution in [2.45, 2.75) is 0 Å². The summed E-state index contributed by atoms with van der Waals surface area (Å²) in [6.07, 6.45) is 4.90. The zero-order valence-electron chi connectivity index (χ0n) is 20.4. The van der Waals surface area contributed by atoms with E-state index in [0.29, 0.717) is 39.2 Å². The van der Waals surface area contributed by atoms with Crippen LogP contribution in [0.3, 0.4) is 0 Å². The van der Waals surface area contributed by atoms with Crippen molar-refractivity contribution in [1.82, 2.24) is 28.8 Å². The van der Waals surface area contributed by atoms with Gasteiger partial charge in [0.15, 0.2) is 5.65 Å². The van der Waals surface area contributed by atoms with Gasteiger partial charge in [0.05, 0.1) is 23.5 Å². The van der Waals surface area contributed by atoms with Gasteiger partial charge in [-0.1, -0.05) is 23.7 Å². The SMILES string of the molecule is COc1cc(N2CCN(C)CC2)ccc1Nc1ncc2c(=O)n(-c3ccccc3Cl)c3nccn3c2n1. The van der Waals surface area contributed by atoms with Crippen LogP contribution in [0.5, 0.6) is 5.75 Å². The molecule has 11 heteroatoms. The second kappa shape index (κ2) is 9.38. The number of piperazine rings is 1. The summed E-state index contributed by atoms with van der Waals surface area (Å²) in [5.74, 6) is 1.43. The van der Waals surface area contributed by atoms with E-state index in [2.05, 4.69) is 43.2 Å². The number of nitrogens with one attached hydrogen (secondary N) is 1. The molecule has 0 amide bonds. The Morgan fingerprint density at radius 3 is 2.65 bits per heavy atom. The maximum Gasteiger partial charge on any atom is 0.270 e. The lowest BCUT2D eigenvalue weighted by atomic mass is 10.2. The summed E-state index contributed by atoms with van der Waals surface area (Å²) >= 11 is 6.41. The van der Waals surface area contributed by atoms with Crippen LogP contribution in [-0.2, 0) is 0 Å². The summed E-state index contributed by atoms with van der Waals surface area (Å²) < 4.78 is 8.90. The fourth-order valence-corrected chi connectivity index (χ4v) is 4.84. The normalized spacial score (nSPS) is 14.4. The Bertz CT molecular complexity index is 1670. The molecule has 0 radical (unpaired) electrons. The number of halogens is 1. The van der Waals surface area contributed by atoms with Crippen LogP contribution in [0.15, 0.2) is 65.8 Å². The summed E-state index contributed by atoms with van der Waals surface area (Å²) in [7, 11) is 3.78. The number of anilines is 3. The van der Waals surface area contributed by atoms with Crippen molar-refractivity contribution in [2.24, 2.45) is 0 Å². The second-order valence-electron chi connectivity index (χ2n) is 8.92. The molecule has 3 aromatic heterocycles. The number of hydrogen-bond donors (Lipinski definition) is 1. The number of imidazole rings is 1. The highest BCUT2D eigenvalue weighted by Gasteiger charge is 2.19. The van der Waals surface area contributed by atoms with Crippen molar-refractivity contribution in [3.05, 3.63) is 76.4 Å². The smallest absolute Gasteiger partial charge is 0.270 e. The lowest BCUT2D eigenvalue weighted by Gasteiger charge is -2.34. The maximum atomic E-state index is 13.5. The average Bonchev–Trinajstić information content (AvgIpc) is 3.40. The molecule has 1 saturated heterocycles. The van der Waals surface area contributed by atoms with Gasteiger partial charge in [0.25, 0.3) is 5.56 Å². The zero-order valence-corrected chi connectivity index (χ0v) is 21.2. The summed E-state index contributed by atoms with van der Waals surface area (Å²) in [6, 6.07) is 13.2. The van der Waals surface area contributed by atoms with Crippen LogP contribution >= 0.6 is 11.6 Å². The maximum absolute atomic E-state index is 13.5. The van der Waals surface area contributed by atoms with Gasteiger partial charge in [-0.2, -0.15) is 4.98 Å². The number of nitrogens with zero attached hydrogens (tertiary/aromatic N) is 7. The predicted molar refractivity (Wildman–Crippen MR) is 145 cm³/mol. The first-order valence-electron chi connectivity index (χ1n) is 11.9. The molecule has 0 unspecified atom stereocenters. The van der Waals surface area contributed by atoms with Crippen LogP contribution in [0.1, 0.15) is 0 Å². The fourth-order valence-electron chi connectivity index (χ4n) is 4.62. The van der Waals surface area contributed by atoms with Gasteiger partial charge in [-0.05, 0) is 31.3 Å². The van der Waals surface area contributed by atoms with Gasteiger partial charge in [-0.3, -0.25) is 9.20 Å². The number of fused-ring (bicyclic) bond motifs is 3. The van der Waals surface area contributed by atoms with Crippen molar-refractivity contribution in [1.29, 1.82) is 0 Å². The van der Waals surface area contributed by atoms with E-state index < -0.39 is 0 Å². The topological polar surface area (TPSA) is 92.8 Å². The molecule has 1 N–H and O–H groups in total. The Balaban J connectivity index is 1.39. The zero-order chi connectivity index (χ0) is 25.5. The number of likely N-dealkylation sites (N-methyl/N-ethyl adjacent to an activating group) is 1. The summed E-state index contributed by atoms with van der Waals surface area (Å²) in [5.41, 5.74) is 2.51. The largest absolute Gasteiger partial charge is 0.494 e. The minimum absolute atomic E-state index is 0.303. The van der Waals surface area contributed by atoms with Crippen LogP contribution in [0.2, 0.25) is 5.02 Å². The highest BCUT2D eigenvalue weighted by Crippen LogP contribution is 2.32. The average molecular weight is 517 g/mol. The second-order valence-corrected chi connectivity index (χ2v) is 9.33. The Morgan fingerprint density at radius 1 is 1.05 bits per heavy atom. The third-order valence-electron chi connectivity index (χ3n) is 6.64. The monoisotopic (exact) mass is 516 g/mol. The van der Waals surface area contributed by atoms with Gasteiger partial charge in [-0.15, -0.1) is 0 Å². The number of hydrogen-bond acceptors (Lipinski definition) is 8. The molecule has 188 valence electrons. The first kappa shape index (κ1) is 23.3. The third kappa shape index (κ3) is 4.13. The fraction of sp³-hybridized carbons (Fsp3) is 0.231. The van der Waals surface area contributed by atoms with Crippen LogP contribution in [-0.4, -0.2) is 69.2 Å². The number of methoxy groups -OCH3 is 1. The molecule has 1 aliphatic rings. The molecular weight excluding hydrogens is 492 g/mol. The van der Waals surface area contributed by atoms with Crippen LogP contribution in [0.4, 0.5) is 17.3 Å². The van der Waals surface area contributed by atoms with Crippen molar-refractivity contribution >= 4 is 45.7 Å². The van der Waals surface area contributed by atoms with E-state index >= 15 is 0 Å². The first-order valence-corrected chi connectivity index (χ1v) is 12.3. The van der Waals surface area contributed by atoms with Crippen molar-refractivity contribution < 1.29 is 4.74 Å². The molecule has 2 aromatic carbocycles. The van der Waals surface area contributed by atoms with Gasteiger partial charge in [-0.25, -0.2) is 14.5 Å². The Kier molecular flexibility index (Phi) is 5.90. The highest BCUT2D eigenvalue weighted by atomic mass is 35.5. The number of para-hydroxylation sites is 1. The van der Waals surface area contributed by atoms with E-state index in [4.69, 9.17) is 16.3 Å². The molecule has 0 spiro atoms. The van der Waals surface area contributed by atoms with Crippen LogP contribution < -0.4 is 20.5 Å². The molecule has 0 aliphatic carbocycles. The van der Waals surface area contributed by atoms with Crippen LogP contribution in [0.25, 0.3) is 22.5 Å². The van der Waals surface area contributed by atoms with Gasteiger partial charge in [0.2, 0.25) is 11.7 Å². The first-order chi connectivity index (χ1) is 18.0. The van der Waals surface area contributed by atoms with E-state index in [-0.39, 0.29) is 5.56 Å². The minimum Gasteiger partial charge on any atom is -0.494 e. The van der Waals surface area contributed by atoms with E-state index in [1.165, 1.54) is 10.8 Å². The lowest BCUT2D eigenvalue weighted by molar-refractivity contribution is 0.312. The molecule has 1 fully saturated rings. The quantitative estimate of drug-likeness (QED) is 0.379. The summed E-state index contributed by atoms with van der Waals surface area (Å²) in [5, 5.41) is 4.03. The van der Waals surface area contributed by atoms with Gasteiger partial charge in [0, 0.05) is 56.5 Å². The molecular formula is C26H25ClN8O2. The Labute approximate surface area is 217 Å². The van der Waals surface area contributed by atoms with E-state index in [1.54, 1.807) is 36.0 Å². The Hall–Kier alpha value is -4.15. The standard InChI is InChI=1S/C26H25ClN8O2/c1-32-11-13-33(14-12-32)17-7-8-20(22(15-17)37-2)30-25-29-16-18-23(31-25)34-10-9-28-26(34)35(24(18)36)21-6-4-3-5-19(21)27/h3-10,15-16H,11-14H2,1-2H3,(H,29,30,31). The minimum atomic E-state index is -0.303. The molecule has 10 nitrogen and oxygen atoms in total. The molecule has 0 atom stereocenters. The third-order valence-corrected chi connectivity index (χ3v) is 6.96. The van der Waals surface area contributed by atoms with Crippen molar-refractivity contribution in [2.75, 3.05) is 50.6 Å². The number of benzene rings is 2. The van der Waals surface area contributed by atoms with Crippen LogP contribution in [0, 0.1) is 0 Å².